The van der Waals surface area contributed by atoms with Crippen LogP contribution in [0.5, 0.6) is 11.5 Å². The highest BCUT2D eigenvalue weighted by atomic mass is 16.5. The highest BCUT2D eigenvalue weighted by Crippen LogP contribution is 2.28. The van der Waals surface area contributed by atoms with Crippen molar-refractivity contribution in [2.24, 2.45) is 0 Å². The predicted molar refractivity (Wildman–Crippen MR) is 130 cm³/mol. The summed E-state index contributed by atoms with van der Waals surface area (Å²) in [6.45, 7) is 7.30. The molecule has 0 atom stereocenters. The SMILES string of the molecule is COc1ccc(CC(=O)N2CCCN(c3cc(-c4ccc(C)c(C)c4)[nH]n3)CC2)cc1OC. The largest absolute Gasteiger partial charge is 0.493 e. The molecule has 0 bridgehead atoms. The van der Waals surface area contributed by atoms with Gasteiger partial charge in [0, 0.05) is 32.2 Å². The van der Waals surface area contributed by atoms with Gasteiger partial charge in [0.25, 0.3) is 0 Å². The van der Waals surface area contributed by atoms with Crippen LogP contribution in [0.15, 0.2) is 42.5 Å². The third-order valence-electron chi connectivity index (χ3n) is 6.36. The molecule has 4 rings (SSSR count). The van der Waals surface area contributed by atoms with E-state index in [4.69, 9.17) is 9.47 Å². The molecule has 1 N–H and O–H groups in total. The van der Waals surface area contributed by atoms with Crippen molar-refractivity contribution in [3.8, 4) is 22.8 Å². The number of H-pyrrole nitrogens is 1. The minimum absolute atomic E-state index is 0.127. The van der Waals surface area contributed by atoms with Gasteiger partial charge < -0.3 is 19.3 Å². The molecule has 174 valence electrons. The van der Waals surface area contributed by atoms with E-state index in [0.29, 0.717) is 24.5 Å². The molecule has 1 amide bonds. The average molecular weight is 449 g/mol. The number of carbonyl (C=O) groups is 1. The van der Waals surface area contributed by atoms with Crippen LogP contribution in [0.25, 0.3) is 11.3 Å². The Balaban J connectivity index is 1.39. The highest BCUT2D eigenvalue weighted by Gasteiger charge is 2.21. The Bertz CT molecular complexity index is 1120. The first-order valence-electron chi connectivity index (χ1n) is 11.3. The predicted octanol–water partition coefficient (Wildman–Crippen LogP) is 3.99. The van der Waals surface area contributed by atoms with E-state index in [-0.39, 0.29) is 5.91 Å². The molecule has 0 radical (unpaired) electrons. The van der Waals surface area contributed by atoms with Gasteiger partial charge in [-0.05, 0) is 60.7 Å². The molecule has 2 aromatic carbocycles. The number of aromatic amines is 1. The molecule has 7 nitrogen and oxygen atoms in total. The minimum Gasteiger partial charge on any atom is -0.493 e. The fraction of sp³-hybridized carbons (Fsp3) is 0.385. The molecule has 3 aromatic rings. The van der Waals surface area contributed by atoms with Gasteiger partial charge in [0.2, 0.25) is 5.91 Å². The maximum Gasteiger partial charge on any atom is 0.227 e. The minimum atomic E-state index is 0.127. The first-order valence-corrected chi connectivity index (χ1v) is 11.3. The molecule has 1 fully saturated rings. The van der Waals surface area contributed by atoms with Crippen molar-refractivity contribution < 1.29 is 14.3 Å². The zero-order valence-electron chi connectivity index (χ0n) is 19.9. The van der Waals surface area contributed by atoms with Gasteiger partial charge in [0.1, 0.15) is 0 Å². The smallest absolute Gasteiger partial charge is 0.227 e. The molecular weight excluding hydrogens is 416 g/mol. The summed E-state index contributed by atoms with van der Waals surface area (Å²) in [4.78, 5) is 17.2. The van der Waals surface area contributed by atoms with Crippen LogP contribution in [0.3, 0.4) is 0 Å². The number of nitrogens with zero attached hydrogens (tertiary/aromatic N) is 3. The monoisotopic (exact) mass is 448 g/mol. The van der Waals surface area contributed by atoms with Gasteiger partial charge in [-0.1, -0.05) is 18.2 Å². The summed E-state index contributed by atoms with van der Waals surface area (Å²) in [5.41, 5.74) is 5.62. The molecular formula is C26H32N4O3. The number of amides is 1. The van der Waals surface area contributed by atoms with E-state index in [0.717, 1.165) is 48.7 Å². The van der Waals surface area contributed by atoms with Gasteiger partial charge in [-0.3, -0.25) is 9.89 Å². The molecule has 7 heteroatoms. The topological polar surface area (TPSA) is 70.7 Å². The number of ether oxygens (including phenoxy) is 2. The second kappa shape index (κ2) is 9.98. The van der Waals surface area contributed by atoms with E-state index in [2.05, 4.69) is 53.2 Å². The molecule has 1 aliphatic rings. The van der Waals surface area contributed by atoms with Crippen LogP contribution in [0.1, 0.15) is 23.1 Å². The maximum atomic E-state index is 13.0. The number of hydrogen-bond donors (Lipinski definition) is 1. The normalized spacial score (nSPS) is 14.2. The number of hydrogen-bond acceptors (Lipinski definition) is 5. The number of aromatic nitrogens is 2. The van der Waals surface area contributed by atoms with Gasteiger partial charge >= 0.3 is 0 Å². The van der Waals surface area contributed by atoms with Gasteiger partial charge in [0.15, 0.2) is 17.3 Å². The van der Waals surface area contributed by atoms with E-state index < -0.39 is 0 Å². The van der Waals surface area contributed by atoms with Crippen LogP contribution in [-0.2, 0) is 11.2 Å². The summed E-state index contributed by atoms with van der Waals surface area (Å²) in [5.74, 6) is 2.36. The van der Waals surface area contributed by atoms with E-state index >= 15 is 0 Å². The van der Waals surface area contributed by atoms with E-state index in [9.17, 15) is 4.79 Å². The summed E-state index contributed by atoms with van der Waals surface area (Å²) in [6.07, 6.45) is 1.25. The molecule has 0 saturated carbocycles. The summed E-state index contributed by atoms with van der Waals surface area (Å²) in [7, 11) is 3.21. The van der Waals surface area contributed by atoms with Crippen LogP contribution >= 0.6 is 0 Å². The van der Waals surface area contributed by atoms with Crippen LogP contribution in [0.4, 0.5) is 5.82 Å². The van der Waals surface area contributed by atoms with Crippen LogP contribution in [-0.4, -0.2) is 61.4 Å². The highest BCUT2D eigenvalue weighted by molar-refractivity contribution is 5.79. The lowest BCUT2D eigenvalue weighted by atomic mass is 10.0. The molecule has 33 heavy (non-hydrogen) atoms. The number of nitrogens with one attached hydrogen (secondary N) is 1. The Morgan fingerprint density at radius 2 is 1.76 bits per heavy atom. The van der Waals surface area contributed by atoms with Crippen molar-refractivity contribution in [2.45, 2.75) is 26.7 Å². The summed E-state index contributed by atoms with van der Waals surface area (Å²) in [5, 5.41) is 7.73. The fourth-order valence-electron chi connectivity index (χ4n) is 4.20. The zero-order valence-corrected chi connectivity index (χ0v) is 19.9. The Morgan fingerprint density at radius 3 is 2.52 bits per heavy atom. The fourth-order valence-corrected chi connectivity index (χ4v) is 4.20. The van der Waals surface area contributed by atoms with E-state index in [1.165, 1.54) is 11.1 Å². The lowest BCUT2D eigenvalue weighted by molar-refractivity contribution is -0.130. The summed E-state index contributed by atoms with van der Waals surface area (Å²) >= 11 is 0. The standard InChI is InChI=1S/C26H32N4O3/c1-18-6-8-21(14-19(18)2)22-17-25(28-27-22)29-10-5-11-30(13-12-29)26(31)16-20-7-9-23(32-3)24(15-20)33-4/h6-9,14-15,17H,5,10-13,16H2,1-4H3,(H,27,28). The number of methoxy groups -OCH3 is 2. The number of benzene rings is 2. The van der Waals surface area contributed by atoms with Crippen molar-refractivity contribution in [3.05, 3.63) is 59.2 Å². The second-order valence-corrected chi connectivity index (χ2v) is 8.53. The molecule has 0 unspecified atom stereocenters. The van der Waals surface area contributed by atoms with Gasteiger partial charge in [-0.2, -0.15) is 5.10 Å². The van der Waals surface area contributed by atoms with Crippen LogP contribution in [0.2, 0.25) is 0 Å². The van der Waals surface area contributed by atoms with E-state index in [1.807, 2.05) is 23.1 Å². The van der Waals surface area contributed by atoms with E-state index in [1.54, 1.807) is 14.2 Å². The third kappa shape index (κ3) is 5.13. The molecule has 0 aliphatic carbocycles. The number of carbonyl (C=O) groups excluding carboxylic acids is 1. The van der Waals surface area contributed by atoms with Crippen molar-refractivity contribution in [1.29, 1.82) is 0 Å². The Morgan fingerprint density at radius 1 is 0.939 bits per heavy atom. The molecule has 2 heterocycles. The molecule has 0 spiro atoms. The first kappa shape index (κ1) is 22.7. The summed E-state index contributed by atoms with van der Waals surface area (Å²) in [6, 6.07) is 14.2. The zero-order chi connectivity index (χ0) is 23.4. The van der Waals surface area contributed by atoms with Crippen LogP contribution in [0, 0.1) is 13.8 Å². The Hall–Kier alpha value is -3.48. The quantitative estimate of drug-likeness (QED) is 0.617. The average Bonchev–Trinajstić information content (AvgIpc) is 3.18. The molecule has 1 aromatic heterocycles. The van der Waals surface area contributed by atoms with Crippen molar-refractivity contribution in [1.82, 2.24) is 15.1 Å². The summed E-state index contributed by atoms with van der Waals surface area (Å²) < 4.78 is 10.7. The molecule has 1 saturated heterocycles. The van der Waals surface area contributed by atoms with Crippen LogP contribution < -0.4 is 14.4 Å². The van der Waals surface area contributed by atoms with Gasteiger partial charge in [-0.25, -0.2) is 0 Å². The lowest BCUT2D eigenvalue weighted by Crippen LogP contribution is -2.36. The Labute approximate surface area is 195 Å². The number of anilines is 1. The first-order chi connectivity index (χ1) is 16.0. The Kier molecular flexibility index (Phi) is 6.87. The third-order valence-corrected chi connectivity index (χ3v) is 6.36. The van der Waals surface area contributed by atoms with Crippen molar-refractivity contribution in [3.63, 3.8) is 0 Å². The molecule has 1 aliphatic heterocycles. The number of aryl methyl sites for hydroxylation is 2. The van der Waals surface area contributed by atoms with Gasteiger partial charge in [-0.15, -0.1) is 0 Å². The van der Waals surface area contributed by atoms with Gasteiger partial charge in [0.05, 0.1) is 26.3 Å². The number of rotatable bonds is 6. The maximum absolute atomic E-state index is 13.0. The van der Waals surface area contributed by atoms with Crippen molar-refractivity contribution in [2.75, 3.05) is 45.3 Å². The lowest BCUT2D eigenvalue weighted by Gasteiger charge is -2.22. The van der Waals surface area contributed by atoms with Crippen molar-refractivity contribution >= 4 is 11.7 Å². The second-order valence-electron chi connectivity index (χ2n) is 8.53.